The number of ether oxygens (including phenoxy) is 1. The van der Waals surface area contributed by atoms with Crippen LogP contribution in [0.1, 0.15) is 37.0 Å². The Morgan fingerprint density at radius 3 is 2.30 bits per heavy atom. The third kappa shape index (κ3) is 4.80. The Kier molecular flexibility index (Phi) is 6.37. The second-order valence-corrected chi connectivity index (χ2v) is 7.87. The smallest absolute Gasteiger partial charge is 0.337 e. The molecule has 0 N–H and O–H groups in total. The Morgan fingerprint density at radius 1 is 1.04 bits per heavy atom. The van der Waals surface area contributed by atoms with E-state index in [-0.39, 0.29) is 11.9 Å². The summed E-state index contributed by atoms with van der Waals surface area (Å²) < 4.78 is 4.75. The summed E-state index contributed by atoms with van der Waals surface area (Å²) in [7, 11) is 1.39. The SMILES string of the molecule is COC(=O)c1ccc(N2CCN(CC(=O)N3CCC(C)CC3)C(C)C2)cc1. The van der Waals surface area contributed by atoms with Crippen LogP contribution >= 0.6 is 0 Å². The highest BCUT2D eigenvalue weighted by Gasteiger charge is 2.28. The molecule has 0 aromatic heterocycles. The first-order chi connectivity index (χ1) is 13.0. The van der Waals surface area contributed by atoms with E-state index in [4.69, 9.17) is 4.74 Å². The Bertz CT molecular complexity index is 653. The molecule has 1 amide bonds. The zero-order valence-electron chi connectivity index (χ0n) is 16.7. The molecule has 0 bridgehead atoms. The van der Waals surface area contributed by atoms with Gasteiger partial charge >= 0.3 is 5.97 Å². The van der Waals surface area contributed by atoms with Gasteiger partial charge in [0.15, 0.2) is 0 Å². The van der Waals surface area contributed by atoms with Crippen molar-refractivity contribution < 1.29 is 14.3 Å². The van der Waals surface area contributed by atoms with E-state index < -0.39 is 0 Å². The number of rotatable bonds is 4. The molecule has 0 aliphatic carbocycles. The van der Waals surface area contributed by atoms with E-state index in [1.54, 1.807) is 12.1 Å². The molecule has 0 radical (unpaired) electrons. The maximum absolute atomic E-state index is 12.6. The predicted molar refractivity (Wildman–Crippen MR) is 106 cm³/mol. The molecular formula is C21H31N3O3. The van der Waals surface area contributed by atoms with Crippen LogP contribution in [0.25, 0.3) is 0 Å². The number of likely N-dealkylation sites (tertiary alicyclic amines) is 1. The molecule has 3 rings (SSSR count). The molecule has 0 saturated carbocycles. The van der Waals surface area contributed by atoms with Crippen LogP contribution in [0.15, 0.2) is 24.3 Å². The van der Waals surface area contributed by atoms with Crippen molar-refractivity contribution in [2.45, 2.75) is 32.7 Å². The van der Waals surface area contributed by atoms with Crippen LogP contribution < -0.4 is 4.90 Å². The van der Waals surface area contributed by atoms with Crippen LogP contribution in [0.4, 0.5) is 5.69 Å². The normalized spacial score (nSPS) is 22.0. The lowest BCUT2D eigenvalue weighted by Gasteiger charge is -2.41. The van der Waals surface area contributed by atoms with Gasteiger partial charge in [0, 0.05) is 44.5 Å². The number of esters is 1. The molecule has 2 fully saturated rings. The standard InChI is InChI=1S/C21H31N3O3/c1-16-8-10-22(11-9-16)20(25)15-23-12-13-24(14-17(23)2)19-6-4-18(5-7-19)21(26)27-3/h4-7,16-17H,8-15H2,1-3H3. The zero-order valence-corrected chi connectivity index (χ0v) is 16.7. The fraction of sp³-hybridized carbons (Fsp3) is 0.619. The fourth-order valence-electron chi connectivity index (χ4n) is 3.92. The Hall–Kier alpha value is -2.08. The number of anilines is 1. The number of nitrogens with zero attached hydrogens (tertiary/aromatic N) is 3. The summed E-state index contributed by atoms with van der Waals surface area (Å²) in [5.41, 5.74) is 1.67. The minimum atomic E-state index is -0.314. The first kappa shape index (κ1) is 19.7. The minimum absolute atomic E-state index is 0.268. The van der Waals surface area contributed by atoms with Crippen molar-refractivity contribution in [1.82, 2.24) is 9.80 Å². The van der Waals surface area contributed by atoms with Crippen LogP contribution in [0.3, 0.4) is 0 Å². The number of hydrogen-bond donors (Lipinski definition) is 0. The highest BCUT2D eigenvalue weighted by molar-refractivity contribution is 5.89. The molecule has 2 aliphatic heterocycles. The molecule has 148 valence electrons. The van der Waals surface area contributed by atoms with Gasteiger partial charge < -0.3 is 14.5 Å². The Balaban J connectivity index is 1.53. The van der Waals surface area contributed by atoms with E-state index in [9.17, 15) is 9.59 Å². The second-order valence-electron chi connectivity index (χ2n) is 7.87. The summed E-state index contributed by atoms with van der Waals surface area (Å²) in [5.74, 6) is 0.692. The highest BCUT2D eigenvalue weighted by atomic mass is 16.5. The van der Waals surface area contributed by atoms with Gasteiger partial charge in [0.05, 0.1) is 19.2 Å². The van der Waals surface area contributed by atoms with Gasteiger partial charge in [-0.15, -0.1) is 0 Å². The Labute approximate surface area is 162 Å². The lowest BCUT2D eigenvalue weighted by atomic mass is 9.99. The molecule has 6 heteroatoms. The first-order valence-corrected chi connectivity index (χ1v) is 9.93. The molecule has 1 aromatic rings. The maximum atomic E-state index is 12.6. The van der Waals surface area contributed by atoms with Crippen molar-refractivity contribution in [2.75, 3.05) is 51.3 Å². The van der Waals surface area contributed by atoms with E-state index in [0.29, 0.717) is 18.2 Å². The summed E-state index contributed by atoms with van der Waals surface area (Å²) in [6.45, 7) is 9.40. The zero-order chi connectivity index (χ0) is 19.4. The van der Waals surface area contributed by atoms with E-state index in [1.165, 1.54) is 7.11 Å². The summed E-state index contributed by atoms with van der Waals surface area (Å²) in [6.07, 6.45) is 2.24. The molecule has 2 heterocycles. The van der Waals surface area contributed by atoms with E-state index in [1.807, 2.05) is 17.0 Å². The lowest BCUT2D eigenvalue weighted by molar-refractivity contribution is -0.134. The topological polar surface area (TPSA) is 53.1 Å². The number of carbonyl (C=O) groups is 2. The minimum Gasteiger partial charge on any atom is -0.465 e. The fourth-order valence-corrected chi connectivity index (χ4v) is 3.92. The quantitative estimate of drug-likeness (QED) is 0.758. The van der Waals surface area contributed by atoms with Gasteiger partial charge in [-0.25, -0.2) is 4.79 Å². The summed E-state index contributed by atoms with van der Waals surface area (Å²) in [6, 6.07) is 7.85. The van der Waals surface area contributed by atoms with Crippen molar-refractivity contribution in [1.29, 1.82) is 0 Å². The molecule has 1 atom stereocenters. The highest BCUT2D eigenvalue weighted by Crippen LogP contribution is 2.21. The van der Waals surface area contributed by atoms with Crippen molar-refractivity contribution in [2.24, 2.45) is 5.92 Å². The van der Waals surface area contributed by atoms with Crippen molar-refractivity contribution >= 4 is 17.6 Å². The van der Waals surface area contributed by atoms with Gasteiger partial charge in [0.2, 0.25) is 5.91 Å². The van der Waals surface area contributed by atoms with Crippen molar-refractivity contribution in [3.63, 3.8) is 0 Å². The maximum Gasteiger partial charge on any atom is 0.337 e. The average molecular weight is 373 g/mol. The molecule has 2 aliphatic rings. The average Bonchev–Trinajstić information content (AvgIpc) is 2.69. The second kappa shape index (κ2) is 8.74. The number of hydrogen-bond acceptors (Lipinski definition) is 5. The summed E-state index contributed by atoms with van der Waals surface area (Å²) in [5, 5.41) is 0. The van der Waals surface area contributed by atoms with E-state index in [0.717, 1.165) is 57.2 Å². The predicted octanol–water partition coefficient (Wildman–Crippen LogP) is 2.24. The Morgan fingerprint density at radius 2 is 1.70 bits per heavy atom. The van der Waals surface area contributed by atoms with Gasteiger partial charge in [-0.05, 0) is 49.9 Å². The summed E-state index contributed by atoms with van der Waals surface area (Å²) >= 11 is 0. The van der Waals surface area contributed by atoms with E-state index >= 15 is 0 Å². The number of piperazine rings is 1. The van der Waals surface area contributed by atoms with Gasteiger partial charge in [-0.2, -0.15) is 0 Å². The monoisotopic (exact) mass is 373 g/mol. The summed E-state index contributed by atoms with van der Waals surface area (Å²) in [4.78, 5) is 30.8. The lowest BCUT2D eigenvalue weighted by Crippen LogP contribution is -2.55. The van der Waals surface area contributed by atoms with Crippen molar-refractivity contribution in [3.8, 4) is 0 Å². The molecule has 2 saturated heterocycles. The molecule has 27 heavy (non-hydrogen) atoms. The molecule has 0 spiro atoms. The van der Waals surface area contributed by atoms with Crippen LogP contribution in [0, 0.1) is 5.92 Å². The van der Waals surface area contributed by atoms with Gasteiger partial charge in [0.1, 0.15) is 0 Å². The van der Waals surface area contributed by atoms with Gasteiger partial charge in [-0.3, -0.25) is 9.69 Å². The van der Waals surface area contributed by atoms with Crippen LogP contribution in [0.2, 0.25) is 0 Å². The molecular weight excluding hydrogens is 342 g/mol. The van der Waals surface area contributed by atoms with E-state index in [2.05, 4.69) is 23.6 Å². The molecule has 1 unspecified atom stereocenters. The van der Waals surface area contributed by atoms with Crippen molar-refractivity contribution in [3.05, 3.63) is 29.8 Å². The van der Waals surface area contributed by atoms with Crippen LogP contribution in [0.5, 0.6) is 0 Å². The largest absolute Gasteiger partial charge is 0.465 e. The molecule has 1 aromatic carbocycles. The number of amides is 1. The van der Waals surface area contributed by atoms with Gasteiger partial charge in [0.25, 0.3) is 0 Å². The number of piperidine rings is 1. The van der Waals surface area contributed by atoms with Crippen LogP contribution in [-0.2, 0) is 9.53 Å². The number of benzene rings is 1. The first-order valence-electron chi connectivity index (χ1n) is 9.93. The third-order valence-corrected chi connectivity index (χ3v) is 5.89. The number of carbonyl (C=O) groups excluding carboxylic acids is 2. The third-order valence-electron chi connectivity index (χ3n) is 5.89. The van der Waals surface area contributed by atoms with Gasteiger partial charge in [-0.1, -0.05) is 6.92 Å². The van der Waals surface area contributed by atoms with Crippen LogP contribution in [-0.4, -0.2) is 74.1 Å². The number of methoxy groups -OCH3 is 1. The molecule has 6 nitrogen and oxygen atoms in total.